The number of carbonyl (C=O) groups is 1. The fourth-order valence-electron chi connectivity index (χ4n) is 1.59. The molecule has 1 rings (SSSR count). The van der Waals surface area contributed by atoms with Crippen LogP contribution in [0.2, 0.25) is 0 Å². The van der Waals surface area contributed by atoms with Gasteiger partial charge in [0.25, 0.3) is 0 Å². The minimum atomic E-state index is -3.87. The van der Waals surface area contributed by atoms with E-state index in [4.69, 9.17) is 0 Å². The summed E-state index contributed by atoms with van der Waals surface area (Å²) in [6.07, 6.45) is 1.09. The summed E-state index contributed by atoms with van der Waals surface area (Å²) in [5, 5.41) is 2.45. The summed E-state index contributed by atoms with van der Waals surface area (Å²) in [6, 6.07) is 3.09. The van der Waals surface area contributed by atoms with Gasteiger partial charge in [-0.2, -0.15) is 0 Å². The number of benzene rings is 1. The standard InChI is InChI=1S/C12H16F2N2O3S/c1-3-11(17)15-7-8-16(20(2,18)19)12-9(13)5-4-6-10(12)14/h4-6H,3,7-8H2,1-2H3,(H,15,17). The number of para-hydroxylation sites is 1. The second-order valence-corrected chi connectivity index (χ2v) is 6.02. The number of nitrogens with one attached hydrogen (secondary N) is 1. The van der Waals surface area contributed by atoms with Crippen molar-refractivity contribution in [2.75, 3.05) is 23.7 Å². The van der Waals surface area contributed by atoms with Crippen LogP contribution in [0, 0.1) is 11.6 Å². The summed E-state index contributed by atoms with van der Waals surface area (Å²) in [5.74, 6) is -2.22. The summed E-state index contributed by atoms with van der Waals surface area (Å²) < 4.78 is 51.2. The van der Waals surface area contributed by atoms with Gasteiger partial charge in [0.1, 0.15) is 5.69 Å². The molecule has 1 amide bonds. The third-order valence-electron chi connectivity index (χ3n) is 2.55. The molecule has 0 unspecified atom stereocenters. The van der Waals surface area contributed by atoms with Crippen LogP contribution in [0.1, 0.15) is 13.3 Å². The monoisotopic (exact) mass is 306 g/mol. The van der Waals surface area contributed by atoms with Gasteiger partial charge in [-0.3, -0.25) is 9.10 Å². The molecule has 0 saturated heterocycles. The zero-order valence-corrected chi connectivity index (χ0v) is 12.0. The first-order valence-corrected chi connectivity index (χ1v) is 7.80. The average Bonchev–Trinajstić information content (AvgIpc) is 2.35. The number of hydrogen-bond donors (Lipinski definition) is 1. The van der Waals surface area contributed by atoms with E-state index in [1.54, 1.807) is 6.92 Å². The van der Waals surface area contributed by atoms with Gasteiger partial charge in [-0.1, -0.05) is 13.0 Å². The second-order valence-electron chi connectivity index (χ2n) is 4.11. The summed E-state index contributed by atoms with van der Waals surface area (Å²) in [5.41, 5.74) is -0.638. The Kier molecular flexibility index (Phi) is 5.43. The minimum Gasteiger partial charge on any atom is -0.354 e. The zero-order chi connectivity index (χ0) is 15.3. The Morgan fingerprint density at radius 3 is 2.30 bits per heavy atom. The number of hydrogen-bond acceptors (Lipinski definition) is 3. The van der Waals surface area contributed by atoms with Gasteiger partial charge in [-0.15, -0.1) is 0 Å². The largest absolute Gasteiger partial charge is 0.354 e. The Hall–Kier alpha value is -1.70. The fourth-order valence-corrected chi connectivity index (χ4v) is 2.52. The third kappa shape index (κ3) is 4.16. The number of halogens is 2. The second kappa shape index (κ2) is 6.65. The zero-order valence-electron chi connectivity index (χ0n) is 11.2. The van der Waals surface area contributed by atoms with Crippen molar-refractivity contribution in [1.82, 2.24) is 5.32 Å². The van der Waals surface area contributed by atoms with Crippen molar-refractivity contribution in [2.45, 2.75) is 13.3 Å². The highest BCUT2D eigenvalue weighted by Gasteiger charge is 2.24. The maximum Gasteiger partial charge on any atom is 0.232 e. The van der Waals surface area contributed by atoms with Crippen molar-refractivity contribution < 1.29 is 22.0 Å². The van der Waals surface area contributed by atoms with Crippen molar-refractivity contribution in [3.8, 4) is 0 Å². The van der Waals surface area contributed by atoms with E-state index in [2.05, 4.69) is 5.32 Å². The molecular formula is C12H16F2N2O3S. The van der Waals surface area contributed by atoms with Gasteiger partial charge >= 0.3 is 0 Å². The van der Waals surface area contributed by atoms with Crippen LogP contribution in [0.15, 0.2) is 18.2 Å². The van der Waals surface area contributed by atoms with E-state index in [0.717, 1.165) is 24.5 Å². The highest BCUT2D eigenvalue weighted by atomic mass is 32.2. The first kappa shape index (κ1) is 16.4. The van der Waals surface area contributed by atoms with Crippen molar-refractivity contribution in [1.29, 1.82) is 0 Å². The number of anilines is 1. The third-order valence-corrected chi connectivity index (χ3v) is 3.71. The molecule has 0 atom stereocenters. The van der Waals surface area contributed by atoms with Crippen LogP contribution in [-0.4, -0.2) is 33.7 Å². The number of sulfonamides is 1. The van der Waals surface area contributed by atoms with Gasteiger partial charge < -0.3 is 5.32 Å². The quantitative estimate of drug-likeness (QED) is 0.860. The Labute approximate surface area is 116 Å². The van der Waals surface area contributed by atoms with E-state index in [1.807, 2.05) is 0 Å². The van der Waals surface area contributed by atoms with Crippen LogP contribution in [0.25, 0.3) is 0 Å². The summed E-state index contributed by atoms with van der Waals surface area (Å²) in [7, 11) is -3.87. The van der Waals surface area contributed by atoms with Gasteiger partial charge in [-0.05, 0) is 12.1 Å². The van der Waals surface area contributed by atoms with Gasteiger partial charge in [0.2, 0.25) is 15.9 Å². The highest BCUT2D eigenvalue weighted by Crippen LogP contribution is 2.24. The molecule has 0 heterocycles. The lowest BCUT2D eigenvalue weighted by molar-refractivity contribution is -0.120. The molecule has 0 radical (unpaired) electrons. The molecule has 0 aliphatic rings. The summed E-state index contributed by atoms with van der Waals surface area (Å²) in [4.78, 5) is 11.1. The molecule has 5 nitrogen and oxygen atoms in total. The Balaban J connectivity index is 3.00. The van der Waals surface area contributed by atoms with Crippen molar-refractivity contribution in [2.24, 2.45) is 0 Å². The molecule has 0 aromatic heterocycles. The van der Waals surface area contributed by atoms with Crippen LogP contribution >= 0.6 is 0 Å². The van der Waals surface area contributed by atoms with Crippen LogP contribution < -0.4 is 9.62 Å². The Morgan fingerprint density at radius 2 is 1.85 bits per heavy atom. The summed E-state index contributed by atoms with van der Waals surface area (Å²) in [6.45, 7) is 1.36. The molecule has 20 heavy (non-hydrogen) atoms. The molecule has 1 N–H and O–H groups in total. The molecular weight excluding hydrogens is 290 g/mol. The van der Waals surface area contributed by atoms with Crippen LogP contribution in [0.3, 0.4) is 0 Å². The van der Waals surface area contributed by atoms with Gasteiger partial charge in [0.05, 0.1) is 12.8 Å². The van der Waals surface area contributed by atoms with Crippen LogP contribution in [-0.2, 0) is 14.8 Å². The lowest BCUT2D eigenvalue weighted by Crippen LogP contribution is -2.38. The summed E-state index contributed by atoms with van der Waals surface area (Å²) >= 11 is 0. The van der Waals surface area contributed by atoms with Gasteiger partial charge in [-0.25, -0.2) is 17.2 Å². The maximum absolute atomic E-state index is 13.6. The van der Waals surface area contributed by atoms with Crippen molar-refractivity contribution in [3.05, 3.63) is 29.8 Å². The average molecular weight is 306 g/mol. The maximum atomic E-state index is 13.6. The SMILES string of the molecule is CCC(=O)NCCN(c1c(F)cccc1F)S(C)(=O)=O. The topological polar surface area (TPSA) is 66.5 Å². The van der Waals surface area contributed by atoms with E-state index >= 15 is 0 Å². The minimum absolute atomic E-state index is 0.0342. The molecule has 8 heteroatoms. The smallest absolute Gasteiger partial charge is 0.232 e. The Bertz CT molecular complexity index is 570. The fraction of sp³-hybridized carbons (Fsp3) is 0.417. The normalized spacial score (nSPS) is 11.2. The Morgan fingerprint density at radius 1 is 1.30 bits per heavy atom. The van der Waals surface area contributed by atoms with Crippen LogP contribution in [0.5, 0.6) is 0 Å². The van der Waals surface area contributed by atoms with Crippen molar-refractivity contribution >= 4 is 21.6 Å². The molecule has 1 aromatic carbocycles. The lowest BCUT2D eigenvalue weighted by atomic mass is 10.3. The molecule has 0 saturated carbocycles. The first-order valence-electron chi connectivity index (χ1n) is 5.95. The van der Waals surface area contributed by atoms with E-state index in [1.165, 1.54) is 0 Å². The van der Waals surface area contributed by atoms with E-state index in [9.17, 15) is 22.0 Å². The molecule has 0 bridgehead atoms. The number of rotatable bonds is 6. The molecule has 0 aliphatic heterocycles. The van der Waals surface area contributed by atoms with E-state index in [-0.39, 0.29) is 25.4 Å². The first-order chi connectivity index (χ1) is 9.27. The number of carbonyl (C=O) groups excluding carboxylic acids is 1. The van der Waals surface area contributed by atoms with E-state index in [0.29, 0.717) is 4.31 Å². The van der Waals surface area contributed by atoms with Crippen LogP contribution in [0.4, 0.5) is 14.5 Å². The molecule has 0 fully saturated rings. The van der Waals surface area contributed by atoms with Gasteiger partial charge in [0.15, 0.2) is 11.6 Å². The predicted molar refractivity (Wildman–Crippen MR) is 71.8 cm³/mol. The number of amides is 1. The molecule has 1 aromatic rings. The van der Waals surface area contributed by atoms with Gasteiger partial charge in [0, 0.05) is 13.0 Å². The number of nitrogens with zero attached hydrogens (tertiary/aromatic N) is 1. The molecule has 0 spiro atoms. The lowest BCUT2D eigenvalue weighted by Gasteiger charge is -2.23. The molecule has 0 aliphatic carbocycles. The van der Waals surface area contributed by atoms with Crippen molar-refractivity contribution in [3.63, 3.8) is 0 Å². The van der Waals surface area contributed by atoms with E-state index < -0.39 is 27.3 Å². The highest BCUT2D eigenvalue weighted by molar-refractivity contribution is 7.92. The predicted octanol–water partition coefficient (Wildman–Crippen LogP) is 1.26. The molecule has 112 valence electrons.